The molecule has 1 aliphatic carbocycles. The maximum absolute atomic E-state index is 11.8. The van der Waals surface area contributed by atoms with Gasteiger partial charge in [0, 0.05) is 16.8 Å². The average molecular weight is 267 g/mol. The number of urea groups is 1. The van der Waals surface area contributed by atoms with Crippen LogP contribution in [-0.4, -0.2) is 12.1 Å². The molecule has 3 nitrogen and oxygen atoms in total. The molecule has 2 rings (SSSR count). The third-order valence-electron chi connectivity index (χ3n) is 3.39. The number of hydrogen-bond donors (Lipinski definition) is 2. The van der Waals surface area contributed by atoms with E-state index >= 15 is 0 Å². The van der Waals surface area contributed by atoms with Crippen LogP contribution in [0.2, 0.25) is 5.02 Å². The van der Waals surface area contributed by atoms with Gasteiger partial charge in [0.05, 0.1) is 0 Å². The van der Waals surface area contributed by atoms with Gasteiger partial charge in [0.2, 0.25) is 0 Å². The van der Waals surface area contributed by atoms with Crippen molar-refractivity contribution in [3.63, 3.8) is 0 Å². The van der Waals surface area contributed by atoms with Crippen LogP contribution in [0.4, 0.5) is 10.5 Å². The van der Waals surface area contributed by atoms with Crippen molar-refractivity contribution in [1.29, 1.82) is 0 Å². The molecule has 98 valence electrons. The molecule has 1 aliphatic rings. The van der Waals surface area contributed by atoms with Gasteiger partial charge < -0.3 is 10.6 Å². The molecule has 0 bridgehead atoms. The van der Waals surface area contributed by atoms with Gasteiger partial charge in [0.1, 0.15) is 0 Å². The predicted octanol–water partition coefficient (Wildman–Crippen LogP) is 4.04. The fourth-order valence-electron chi connectivity index (χ4n) is 2.48. The molecule has 1 aromatic carbocycles. The summed E-state index contributed by atoms with van der Waals surface area (Å²) in [6.07, 6.45) is 3.25. The molecule has 0 heterocycles. The molecule has 1 saturated carbocycles. The van der Waals surface area contributed by atoms with Crippen molar-refractivity contribution in [3.05, 3.63) is 29.3 Å². The molecule has 2 N–H and O–H groups in total. The van der Waals surface area contributed by atoms with Crippen LogP contribution in [0.1, 0.15) is 33.1 Å². The maximum Gasteiger partial charge on any atom is 0.319 e. The van der Waals surface area contributed by atoms with Crippen molar-refractivity contribution in [3.8, 4) is 0 Å². The lowest BCUT2D eigenvalue weighted by molar-refractivity contribution is 0.247. The van der Waals surface area contributed by atoms with E-state index in [1.165, 1.54) is 0 Å². The Morgan fingerprint density at radius 2 is 2.22 bits per heavy atom. The second-order valence-electron chi connectivity index (χ2n) is 5.71. The summed E-state index contributed by atoms with van der Waals surface area (Å²) in [5.41, 5.74) is 1.06. The van der Waals surface area contributed by atoms with Gasteiger partial charge in [-0.15, -0.1) is 0 Å². The lowest BCUT2D eigenvalue weighted by Crippen LogP contribution is -2.36. The fraction of sp³-hybridized carbons (Fsp3) is 0.500. The molecule has 0 aliphatic heterocycles. The van der Waals surface area contributed by atoms with E-state index in [1.807, 2.05) is 12.1 Å². The summed E-state index contributed by atoms with van der Waals surface area (Å²) in [4.78, 5) is 11.8. The highest BCUT2D eigenvalue weighted by molar-refractivity contribution is 6.30. The van der Waals surface area contributed by atoms with Gasteiger partial charge in [-0.25, -0.2) is 4.79 Å². The first kappa shape index (κ1) is 13.2. The lowest BCUT2D eigenvalue weighted by Gasteiger charge is -2.18. The Morgan fingerprint density at radius 1 is 1.44 bits per heavy atom. The predicted molar refractivity (Wildman–Crippen MR) is 75.0 cm³/mol. The van der Waals surface area contributed by atoms with Gasteiger partial charge in [-0.3, -0.25) is 0 Å². The molecule has 0 radical (unpaired) electrons. The zero-order valence-corrected chi connectivity index (χ0v) is 11.6. The van der Waals surface area contributed by atoms with Crippen LogP contribution in [0.25, 0.3) is 0 Å². The van der Waals surface area contributed by atoms with Gasteiger partial charge >= 0.3 is 6.03 Å². The first-order chi connectivity index (χ1) is 8.44. The van der Waals surface area contributed by atoms with Crippen molar-refractivity contribution in [2.45, 2.75) is 39.2 Å². The molecule has 0 saturated heterocycles. The van der Waals surface area contributed by atoms with Crippen LogP contribution in [-0.2, 0) is 0 Å². The Balaban J connectivity index is 1.86. The van der Waals surface area contributed by atoms with Gasteiger partial charge in [0.25, 0.3) is 0 Å². The van der Waals surface area contributed by atoms with E-state index in [0.29, 0.717) is 10.4 Å². The molecule has 1 aromatic rings. The highest BCUT2D eigenvalue weighted by Gasteiger charge is 2.31. The molecule has 2 amide bonds. The number of carbonyl (C=O) groups is 1. The van der Waals surface area contributed by atoms with Crippen LogP contribution in [0.3, 0.4) is 0 Å². The highest BCUT2D eigenvalue weighted by Crippen LogP contribution is 2.36. The number of rotatable bonds is 2. The lowest BCUT2D eigenvalue weighted by atomic mass is 9.92. The minimum atomic E-state index is -0.153. The van der Waals surface area contributed by atoms with E-state index in [-0.39, 0.29) is 12.1 Å². The second-order valence-corrected chi connectivity index (χ2v) is 6.15. The molecular formula is C14H19ClN2O. The summed E-state index contributed by atoms with van der Waals surface area (Å²) in [5, 5.41) is 6.43. The summed E-state index contributed by atoms with van der Waals surface area (Å²) in [5.74, 6) is 0. The summed E-state index contributed by atoms with van der Waals surface area (Å²) >= 11 is 5.86. The number of amides is 2. The monoisotopic (exact) mass is 266 g/mol. The average Bonchev–Trinajstić information content (AvgIpc) is 2.57. The third kappa shape index (κ3) is 3.64. The molecule has 0 aromatic heterocycles. The minimum Gasteiger partial charge on any atom is -0.335 e. The van der Waals surface area contributed by atoms with Crippen LogP contribution >= 0.6 is 11.6 Å². The normalized spacial score (nSPS) is 21.6. The quantitative estimate of drug-likeness (QED) is 0.833. The Hall–Kier alpha value is -1.22. The van der Waals surface area contributed by atoms with E-state index in [0.717, 1.165) is 24.9 Å². The van der Waals surface area contributed by atoms with E-state index in [4.69, 9.17) is 11.6 Å². The highest BCUT2D eigenvalue weighted by atomic mass is 35.5. The third-order valence-corrected chi connectivity index (χ3v) is 3.62. The van der Waals surface area contributed by atoms with Gasteiger partial charge in [-0.1, -0.05) is 31.5 Å². The Kier molecular flexibility index (Phi) is 3.81. The van der Waals surface area contributed by atoms with Crippen molar-refractivity contribution in [2.24, 2.45) is 5.41 Å². The first-order valence-corrected chi connectivity index (χ1v) is 6.65. The van der Waals surface area contributed by atoms with Crippen LogP contribution in [0.5, 0.6) is 0 Å². The van der Waals surface area contributed by atoms with Gasteiger partial charge in [-0.05, 0) is 42.9 Å². The molecule has 4 heteroatoms. The van der Waals surface area contributed by atoms with E-state index in [9.17, 15) is 4.79 Å². The summed E-state index contributed by atoms with van der Waals surface area (Å²) in [7, 11) is 0. The SMILES string of the molecule is CC1(C)CCC(NC(=O)Nc2cccc(Cl)c2)C1. The van der Waals surface area contributed by atoms with Crippen LogP contribution < -0.4 is 10.6 Å². The molecule has 1 atom stereocenters. The minimum absolute atomic E-state index is 0.153. The van der Waals surface area contributed by atoms with Crippen molar-refractivity contribution >= 4 is 23.3 Å². The molecular weight excluding hydrogens is 248 g/mol. The van der Waals surface area contributed by atoms with Crippen molar-refractivity contribution in [2.75, 3.05) is 5.32 Å². The number of nitrogens with one attached hydrogen (secondary N) is 2. The van der Waals surface area contributed by atoms with Gasteiger partial charge in [0.15, 0.2) is 0 Å². The fourth-order valence-corrected chi connectivity index (χ4v) is 2.67. The number of benzene rings is 1. The number of halogens is 1. The zero-order valence-electron chi connectivity index (χ0n) is 10.8. The second kappa shape index (κ2) is 5.19. The molecule has 1 unspecified atom stereocenters. The maximum atomic E-state index is 11.8. The van der Waals surface area contributed by atoms with Gasteiger partial charge in [-0.2, -0.15) is 0 Å². The van der Waals surface area contributed by atoms with E-state index in [1.54, 1.807) is 12.1 Å². The van der Waals surface area contributed by atoms with E-state index in [2.05, 4.69) is 24.5 Å². The largest absolute Gasteiger partial charge is 0.335 e. The Labute approximate surface area is 113 Å². The number of anilines is 1. The first-order valence-electron chi connectivity index (χ1n) is 6.28. The topological polar surface area (TPSA) is 41.1 Å². The van der Waals surface area contributed by atoms with Crippen molar-refractivity contribution < 1.29 is 4.79 Å². The Bertz CT molecular complexity index is 445. The molecule has 0 spiro atoms. The molecule has 18 heavy (non-hydrogen) atoms. The number of carbonyl (C=O) groups excluding carboxylic acids is 1. The van der Waals surface area contributed by atoms with E-state index < -0.39 is 0 Å². The smallest absolute Gasteiger partial charge is 0.319 e. The van der Waals surface area contributed by atoms with Crippen LogP contribution in [0.15, 0.2) is 24.3 Å². The summed E-state index contributed by atoms with van der Waals surface area (Å²) in [6, 6.07) is 7.28. The van der Waals surface area contributed by atoms with Crippen molar-refractivity contribution in [1.82, 2.24) is 5.32 Å². The summed E-state index contributed by atoms with van der Waals surface area (Å²) in [6.45, 7) is 4.48. The zero-order chi connectivity index (χ0) is 13.2. The Morgan fingerprint density at radius 3 is 2.83 bits per heavy atom. The molecule has 1 fully saturated rings. The standard InChI is InChI=1S/C14H19ClN2O/c1-14(2)7-6-12(9-14)17-13(18)16-11-5-3-4-10(15)8-11/h3-5,8,12H,6-7,9H2,1-2H3,(H2,16,17,18). The number of hydrogen-bond acceptors (Lipinski definition) is 1. The van der Waals surface area contributed by atoms with Crippen LogP contribution in [0, 0.1) is 5.41 Å². The summed E-state index contributed by atoms with van der Waals surface area (Å²) < 4.78 is 0.